The number of benzene rings is 3. The van der Waals surface area contributed by atoms with Crippen LogP contribution in [0.25, 0.3) is 5.69 Å². The molecule has 3 aromatic carbocycles. The third-order valence-corrected chi connectivity index (χ3v) is 7.35. The zero-order chi connectivity index (χ0) is 26.4. The van der Waals surface area contributed by atoms with Gasteiger partial charge in [0.05, 0.1) is 11.1 Å². The van der Waals surface area contributed by atoms with Crippen molar-refractivity contribution in [2.75, 3.05) is 13.2 Å². The molecule has 37 heavy (non-hydrogen) atoms. The van der Waals surface area contributed by atoms with E-state index in [4.69, 9.17) is 21.1 Å². The van der Waals surface area contributed by atoms with E-state index in [1.165, 1.54) is 11.8 Å². The molecule has 0 aliphatic rings. The van der Waals surface area contributed by atoms with Crippen LogP contribution in [0.4, 0.5) is 0 Å². The van der Waals surface area contributed by atoms with Gasteiger partial charge in [-0.1, -0.05) is 53.7 Å². The molecule has 0 N–H and O–H groups in total. The molecule has 1 atom stereocenters. The third-order valence-electron chi connectivity index (χ3n) is 5.35. The molecule has 0 saturated carbocycles. The van der Waals surface area contributed by atoms with Gasteiger partial charge in [0.2, 0.25) is 6.54 Å². The van der Waals surface area contributed by atoms with Crippen LogP contribution in [0, 0.1) is 17.0 Å². The minimum absolute atomic E-state index is 0.283. The van der Waals surface area contributed by atoms with E-state index in [2.05, 4.69) is 26.1 Å². The highest BCUT2D eigenvalue weighted by molar-refractivity contribution is 9.10. The summed E-state index contributed by atoms with van der Waals surface area (Å²) in [5, 5.41) is 20.8. The highest BCUT2D eigenvalue weighted by atomic mass is 79.9. The summed E-state index contributed by atoms with van der Waals surface area (Å²) >= 11 is 11.0. The maximum atomic E-state index is 11.7. The lowest BCUT2D eigenvalue weighted by molar-refractivity contribution is -0.479. The second-order valence-corrected chi connectivity index (χ2v) is 10.5. The van der Waals surface area contributed by atoms with Crippen LogP contribution < -0.4 is 9.47 Å². The number of para-hydroxylation sites is 1. The van der Waals surface area contributed by atoms with E-state index in [1.54, 1.807) is 12.1 Å². The topological polar surface area (TPSA) is 92.3 Å². The maximum Gasteiger partial charge on any atom is 0.220 e. The smallest absolute Gasteiger partial charge is 0.220 e. The first-order chi connectivity index (χ1) is 17.9. The number of hydrogen-bond donors (Lipinski definition) is 0. The van der Waals surface area contributed by atoms with Crippen molar-refractivity contribution in [1.82, 2.24) is 14.8 Å². The van der Waals surface area contributed by atoms with Crippen molar-refractivity contribution < 1.29 is 14.4 Å². The Morgan fingerprint density at radius 1 is 1.11 bits per heavy atom. The summed E-state index contributed by atoms with van der Waals surface area (Å²) in [6, 6.07) is 20.7. The van der Waals surface area contributed by atoms with E-state index >= 15 is 0 Å². The minimum atomic E-state index is -0.557. The Bertz CT molecular complexity index is 1390. The van der Waals surface area contributed by atoms with Crippen LogP contribution in [-0.4, -0.2) is 32.8 Å². The Hall–Kier alpha value is -3.08. The van der Waals surface area contributed by atoms with Crippen molar-refractivity contribution in [3.8, 4) is 17.2 Å². The minimum Gasteiger partial charge on any atom is -0.490 e. The van der Waals surface area contributed by atoms with E-state index in [0.717, 1.165) is 11.3 Å². The predicted molar refractivity (Wildman–Crippen MR) is 148 cm³/mol. The van der Waals surface area contributed by atoms with E-state index in [9.17, 15) is 10.1 Å². The first-order valence-corrected chi connectivity index (χ1v) is 13.5. The first-order valence-electron chi connectivity index (χ1n) is 11.4. The summed E-state index contributed by atoms with van der Waals surface area (Å²) in [5.74, 6) is 1.69. The molecule has 4 aromatic rings. The number of halogens is 2. The lowest BCUT2D eigenvalue weighted by Crippen LogP contribution is -2.12. The van der Waals surface area contributed by atoms with Crippen LogP contribution >= 0.6 is 39.3 Å². The average Bonchev–Trinajstić information content (AvgIpc) is 3.23. The maximum absolute atomic E-state index is 11.7. The zero-order valence-corrected chi connectivity index (χ0v) is 23.3. The number of rotatable bonds is 11. The fourth-order valence-corrected chi connectivity index (χ4v) is 5.67. The van der Waals surface area contributed by atoms with Crippen molar-refractivity contribution in [2.45, 2.75) is 30.9 Å². The summed E-state index contributed by atoms with van der Waals surface area (Å²) < 4.78 is 14.5. The van der Waals surface area contributed by atoms with Crippen LogP contribution in [0.1, 0.15) is 29.1 Å². The van der Waals surface area contributed by atoms with Crippen molar-refractivity contribution in [3.63, 3.8) is 0 Å². The molecule has 0 spiro atoms. The number of aromatic nitrogens is 3. The van der Waals surface area contributed by atoms with Gasteiger partial charge in [0.1, 0.15) is 17.7 Å². The van der Waals surface area contributed by atoms with Crippen molar-refractivity contribution in [1.29, 1.82) is 0 Å². The molecule has 192 valence electrons. The number of nitro groups is 1. The second kappa shape index (κ2) is 12.4. The Morgan fingerprint density at radius 2 is 1.89 bits per heavy atom. The number of thioether (sulfide) groups is 1. The molecule has 0 amide bonds. The van der Waals surface area contributed by atoms with Gasteiger partial charge in [0.25, 0.3) is 0 Å². The largest absolute Gasteiger partial charge is 0.490 e. The number of hydrogen-bond acceptors (Lipinski definition) is 7. The third kappa shape index (κ3) is 6.82. The molecule has 0 aliphatic heterocycles. The molecule has 8 nitrogen and oxygen atoms in total. The standard InChI is InChI=1S/C26H24BrClN4O4S/c1-3-35-23-14-19(13-22(27)25(23)36-16-18-8-7-9-20(28)12-18)24(15-31(33)34)37-26-30-29-17(2)32(26)21-10-5-4-6-11-21/h4-14,24H,3,15-16H2,1-2H3/t24-/m0/s1. The molecule has 0 fully saturated rings. The molecular weight excluding hydrogens is 580 g/mol. The molecule has 0 bridgehead atoms. The van der Waals surface area contributed by atoms with Crippen LogP contribution in [-0.2, 0) is 6.61 Å². The first kappa shape index (κ1) is 27.0. The van der Waals surface area contributed by atoms with Gasteiger partial charge in [-0.05, 0) is 77.3 Å². The molecule has 0 radical (unpaired) electrons. The van der Waals surface area contributed by atoms with E-state index in [0.29, 0.717) is 44.1 Å². The van der Waals surface area contributed by atoms with Crippen molar-refractivity contribution in [2.24, 2.45) is 0 Å². The van der Waals surface area contributed by atoms with Crippen LogP contribution in [0.3, 0.4) is 0 Å². The Balaban J connectivity index is 1.67. The number of aryl methyl sites for hydroxylation is 1. The highest BCUT2D eigenvalue weighted by Crippen LogP contribution is 2.43. The van der Waals surface area contributed by atoms with Gasteiger partial charge >= 0.3 is 0 Å². The Kier molecular flexibility index (Phi) is 9.07. The molecule has 4 rings (SSSR count). The number of ether oxygens (including phenoxy) is 2. The predicted octanol–water partition coefficient (Wildman–Crippen LogP) is 7.08. The Labute approximate surface area is 232 Å². The highest BCUT2D eigenvalue weighted by Gasteiger charge is 2.26. The normalized spacial score (nSPS) is 11.8. The molecule has 0 saturated heterocycles. The molecule has 1 aromatic heterocycles. The molecule has 0 aliphatic carbocycles. The summed E-state index contributed by atoms with van der Waals surface area (Å²) in [6.07, 6.45) is 0. The summed E-state index contributed by atoms with van der Waals surface area (Å²) in [4.78, 5) is 11.3. The SMILES string of the molecule is CCOc1cc([C@H](C[N+](=O)[O-])Sc2nnc(C)n2-c2ccccc2)cc(Br)c1OCc1cccc(Cl)c1. The molecule has 0 unspecified atom stereocenters. The average molecular weight is 604 g/mol. The fraction of sp³-hybridized carbons (Fsp3) is 0.231. The van der Waals surface area contributed by atoms with Crippen LogP contribution in [0.15, 0.2) is 76.4 Å². The molecule has 1 heterocycles. The number of nitrogens with zero attached hydrogens (tertiary/aromatic N) is 4. The molecule has 11 heteroatoms. The van der Waals surface area contributed by atoms with Gasteiger partial charge in [-0.3, -0.25) is 14.7 Å². The van der Waals surface area contributed by atoms with Crippen LogP contribution in [0.5, 0.6) is 11.5 Å². The lowest BCUT2D eigenvalue weighted by atomic mass is 10.1. The van der Waals surface area contributed by atoms with Gasteiger partial charge in [-0.2, -0.15) is 0 Å². The quantitative estimate of drug-likeness (QED) is 0.103. The molecular formula is C26H24BrClN4O4S. The Morgan fingerprint density at radius 3 is 2.59 bits per heavy atom. The lowest BCUT2D eigenvalue weighted by Gasteiger charge is -2.19. The fourth-order valence-electron chi connectivity index (χ4n) is 3.73. The van der Waals surface area contributed by atoms with Gasteiger partial charge in [-0.15, -0.1) is 10.2 Å². The van der Waals surface area contributed by atoms with Crippen molar-refractivity contribution >= 4 is 39.3 Å². The van der Waals surface area contributed by atoms with Gasteiger partial charge in [0, 0.05) is 15.6 Å². The van der Waals surface area contributed by atoms with E-state index in [1.807, 2.05) is 73.0 Å². The van der Waals surface area contributed by atoms with Gasteiger partial charge < -0.3 is 9.47 Å². The summed E-state index contributed by atoms with van der Waals surface area (Å²) in [5.41, 5.74) is 2.49. The van der Waals surface area contributed by atoms with Gasteiger partial charge in [-0.25, -0.2) is 0 Å². The zero-order valence-electron chi connectivity index (χ0n) is 20.1. The second-order valence-electron chi connectivity index (χ2n) is 8.00. The van der Waals surface area contributed by atoms with Crippen LogP contribution in [0.2, 0.25) is 5.02 Å². The van der Waals surface area contributed by atoms with E-state index < -0.39 is 5.25 Å². The van der Waals surface area contributed by atoms with E-state index in [-0.39, 0.29) is 18.1 Å². The monoisotopic (exact) mass is 602 g/mol. The van der Waals surface area contributed by atoms with Crippen molar-refractivity contribution in [3.05, 3.63) is 103 Å². The van der Waals surface area contributed by atoms with Gasteiger partial charge in [0.15, 0.2) is 16.7 Å². The summed E-state index contributed by atoms with van der Waals surface area (Å²) in [6.45, 7) is 4.09. The summed E-state index contributed by atoms with van der Waals surface area (Å²) in [7, 11) is 0.